The predicted octanol–water partition coefficient (Wildman–Crippen LogP) is -2.64. The number of carbonyl (C=O) groups excluding carboxylic acids is 2. The number of ether oxygens (including phenoxy) is 1. The SMILES string of the molecule is COC(=O)[C@@]1(C)CC[C@@H](C(=O)[O-])C1(C)C.[Na+]. The second kappa shape index (κ2) is 5.07. The Kier molecular flexibility index (Phi) is 5.05. The number of esters is 1. The molecular weight excluding hydrogens is 219 g/mol. The van der Waals surface area contributed by atoms with Crippen LogP contribution in [0.2, 0.25) is 0 Å². The Morgan fingerprint density at radius 3 is 2.12 bits per heavy atom. The smallest absolute Gasteiger partial charge is 0.550 e. The topological polar surface area (TPSA) is 66.4 Å². The number of hydrogen-bond acceptors (Lipinski definition) is 4. The number of carboxylic acids is 1. The van der Waals surface area contributed by atoms with E-state index in [4.69, 9.17) is 4.74 Å². The molecule has 0 bridgehead atoms. The van der Waals surface area contributed by atoms with Crippen molar-refractivity contribution in [2.75, 3.05) is 7.11 Å². The second-order valence-electron chi connectivity index (χ2n) is 4.96. The third-order valence-corrected chi connectivity index (χ3v) is 4.15. The molecule has 0 aromatic carbocycles. The summed E-state index contributed by atoms with van der Waals surface area (Å²) in [7, 11) is 1.33. The van der Waals surface area contributed by atoms with Crippen molar-refractivity contribution in [3.05, 3.63) is 0 Å². The number of methoxy groups -OCH3 is 1. The van der Waals surface area contributed by atoms with Gasteiger partial charge in [0.1, 0.15) is 0 Å². The van der Waals surface area contributed by atoms with Crippen molar-refractivity contribution >= 4 is 11.9 Å². The number of carboxylic acid groups (broad SMARTS) is 1. The summed E-state index contributed by atoms with van der Waals surface area (Å²) >= 11 is 0. The summed E-state index contributed by atoms with van der Waals surface area (Å²) in [6.07, 6.45) is 1.01. The van der Waals surface area contributed by atoms with Crippen molar-refractivity contribution in [1.82, 2.24) is 0 Å². The Morgan fingerprint density at radius 2 is 1.81 bits per heavy atom. The zero-order valence-electron chi connectivity index (χ0n) is 10.6. The molecule has 5 heteroatoms. The van der Waals surface area contributed by atoms with Crippen LogP contribution in [0.25, 0.3) is 0 Å². The quantitative estimate of drug-likeness (QED) is 0.388. The van der Waals surface area contributed by atoms with Gasteiger partial charge in [0.05, 0.1) is 12.5 Å². The predicted molar refractivity (Wildman–Crippen MR) is 51.6 cm³/mol. The van der Waals surface area contributed by atoms with Crippen molar-refractivity contribution in [3.63, 3.8) is 0 Å². The Hall–Kier alpha value is -0.0600. The van der Waals surface area contributed by atoms with Gasteiger partial charge in [-0.05, 0) is 25.2 Å². The molecule has 0 aliphatic heterocycles. The van der Waals surface area contributed by atoms with Crippen LogP contribution in [0.3, 0.4) is 0 Å². The Bertz CT molecular complexity index is 300. The first-order chi connectivity index (χ1) is 6.77. The Labute approximate surface area is 118 Å². The molecule has 0 spiro atoms. The van der Waals surface area contributed by atoms with E-state index in [0.717, 1.165) is 0 Å². The average molecular weight is 236 g/mol. The second-order valence-corrected chi connectivity index (χ2v) is 4.96. The van der Waals surface area contributed by atoms with Gasteiger partial charge in [0.15, 0.2) is 0 Å². The standard InChI is InChI=1S/C11H18O4.Na/c1-10(2)7(8(12)13)5-6-11(10,3)9(14)15-4;/h7H,5-6H2,1-4H3,(H,12,13);/q;+1/p-1/t7-,11+;/m0./s1. The molecule has 2 atom stereocenters. The molecule has 0 unspecified atom stereocenters. The summed E-state index contributed by atoms with van der Waals surface area (Å²) in [5.41, 5.74) is -1.36. The summed E-state index contributed by atoms with van der Waals surface area (Å²) in [4.78, 5) is 22.6. The maximum absolute atomic E-state index is 11.7. The molecule has 0 heterocycles. The van der Waals surface area contributed by atoms with Crippen LogP contribution in [-0.4, -0.2) is 19.0 Å². The van der Waals surface area contributed by atoms with Gasteiger partial charge in [-0.1, -0.05) is 13.8 Å². The van der Waals surface area contributed by atoms with Crippen LogP contribution in [0.1, 0.15) is 33.6 Å². The fourth-order valence-corrected chi connectivity index (χ4v) is 2.50. The fourth-order valence-electron chi connectivity index (χ4n) is 2.50. The van der Waals surface area contributed by atoms with Gasteiger partial charge in [-0.2, -0.15) is 0 Å². The molecule has 0 N–H and O–H groups in total. The molecule has 86 valence electrons. The van der Waals surface area contributed by atoms with E-state index in [1.165, 1.54) is 7.11 Å². The monoisotopic (exact) mass is 236 g/mol. The van der Waals surface area contributed by atoms with E-state index in [9.17, 15) is 14.7 Å². The molecule has 1 saturated carbocycles. The van der Waals surface area contributed by atoms with Gasteiger partial charge in [-0.15, -0.1) is 0 Å². The molecule has 0 aromatic heterocycles. The van der Waals surface area contributed by atoms with Crippen LogP contribution in [0, 0.1) is 16.7 Å². The number of aliphatic carboxylic acids is 1. The maximum Gasteiger partial charge on any atom is 1.00 e. The summed E-state index contributed by atoms with van der Waals surface area (Å²) < 4.78 is 4.75. The van der Waals surface area contributed by atoms with Crippen molar-refractivity contribution in [2.24, 2.45) is 16.7 Å². The van der Waals surface area contributed by atoms with Gasteiger partial charge < -0.3 is 14.6 Å². The summed E-state index contributed by atoms with van der Waals surface area (Å²) in [5.74, 6) is -1.99. The van der Waals surface area contributed by atoms with E-state index in [1.807, 2.05) is 0 Å². The fraction of sp³-hybridized carbons (Fsp3) is 0.818. The Balaban J connectivity index is 0.00000225. The number of rotatable bonds is 2. The van der Waals surface area contributed by atoms with E-state index in [2.05, 4.69) is 0 Å². The van der Waals surface area contributed by atoms with Gasteiger partial charge in [-0.3, -0.25) is 4.79 Å². The van der Waals surface area contributed by atoms with E-state index in [1.54, 1.807) is 20.8 Å². The van der Waals surface area contributed by atoms with Crippen LogP contribution < -0.4 is 34.7 Å². The van der Waals surface area contributed by atoms with Crippen molar-refractivity contribution in [3.8, 4) is 0 Å². The molecule has 4 nitrogen and oxygen atoms in total. The van der Waals surface area contributed by atoms with Crippen molar-refractivity contribution in [1.29, 1.82) is 0 Å². The van der Waals surface area contributed by atoms with Crippen LogP contribution in [0.15, 0.2) is 0 Å². The minimum absolute atomic E-state index is 0. The van der Waals surface area contributed by atoms with Crippen LogP contribution >= 0.6 is 0 Å². The molecule has 0 aromatic rings. The van der Waals surface area contributed by atoms with Gasteiger partial charge in [0.25, 0.3) is 0 Å². The third kappa shape index (κ3) is 2.15. The Morgan fingerprint density at radius 1 is 1.31 bits per heavy atom. The molecule has 1 aliphatic carbocycles. The molecule has 1 rings (SSSR count). The van der Waals surface area contributed by atoms with Crippen LogP contribution in [-0.2, 0) is 14.3 Å². The largest absolute Gasteiger partial charge is 1.00 e. The van der Waals surface area contributed by atoms with Gasteiger partial charge in [-0.25, -0.2) is 0 Å². The van der Waals surface area contributed by atoms with E-state index in [-0.39, 0.29) is 35.5 Å². The van der Waals surface area contributed by atoms with E-state index in [0.29, 0.717) is 12.8 Å². The number of hydrogen-bond donors (Lipinski definition) is 0. The minimum atomic E-state index is -1.08. The van der Waals surface area contributed by atoms with E-state index < -0.39 is 22.7 Å². The van der Waals surface area contributed by atoms with Crippen molar-refractivity contribution in [2.45, 2.75) is 33.6 Å². The zero-order valence-corrected chi connectivity index (χ0v) is 12.6. The van der Waals surface area contributed by atoms with Crippen LogP contribution in [0.4, 0.5) is 0 Å². The normalized spacial score (nSPS) is 31.6. The van der Waals surface area contributed by atoms with Gasteiger partial charge in [0, 0.05) is 11.9 Å². The number of carbonyl (C=O) groups is 2. The molecule has 1 fully saturated rings. The zero-order chi connectivity index (χ0) is 11.9. The molecule has 0 amide bonds. The minimum Gasteiger partial charge on any atom is -0.550 e. The molecule has 1 aliphatic rings. The summed E-state index contributed by atoms with van der Waals surface area (Å²) in [5, 5.41) is 11.0. The average Bonchev–Trinajstić information content (AvgIpc) is 2.38. The first-order valence-electron chi connectivity index (χ1n) is 5.06. The van der Waals surface area contributed by atoms with Gasteiger partial charge >= 0.3 is 35.5 Å². The molecular formula is C11H17NaO4. The molecule has 0 saturated heterocycles. The first-order valence-corrected chi connectivity index (χ1v) is 5.06. The van der Waals surface area contributed by atoms with Crippen LogP contribution in [0.5, 0.6) is 0 Å². The van der Waals surface area contributed by atoms with E-state index >= 15 is 0 Å². The molecule has 16 heavy (non-hydrogen) atoms. The van der Waals surface area contributed by atoms with Crippen molar-refractivity contribution < 1.29 is 49.0 Å². The maximum atomic E-state index is 11.7. The summed E-state index contributed by atoms with van der Waals surface area (Å²) in [6, 6.07) is 0. The van der Waals surface area contributed by atoms with Gasteiger partial charge in [0.2, 0.25) is 0 Å². The molecule has 0 radical (unpaired) electrons. The first kappa shape index (κ1) is 15.9. The summed E-state index contributed by atoms with van der Waals surface area (Å²) in [6.45, 7) is 5.34. The third-order valence-electron chi connectivity index (χ3n) is 4.15.